The fourth-order valence-corrected chi connectivity index (χ4v) is 3.47. The first kappa shape index (κ1) is 23.9. The predicted molar refractivity (Wildman–Crippen MR) is 126 cm³/mol. The third kappa shape index (κ3) is 6.16. The largest absolute Gasteiger partial charge is 0.493 e. The molecule has 0 saturated carbocycles. The first-order valence-corrected chi connectivity index (χ1v) is 10.9. The van der Waals surface area contributed by atoms with Gasteiger partial charge in [-0.2, -0.15) is 5.26 Å². The first-order chi connectivity index (χ1) is 15.8. The number of aromatic nitrogens is 2. The summed E-state index contributed by atoms with van der Waals surface area (Å²) < 4.78 is 10.7. The molecule has 0 bridgehead atoms. The molecule has 10 heteroatoms. The van der Waals surface area contributed by atoms with E-state index in [9.17, 15) is 14.9 Å². The number of benzene rings is 2. The molecule has 168 valence electrons. The number of esters is 1. The van der Waals surface area contributed by atoms with Gasteiger partial charge >= 0.3 is 5.97 Å². The summed E-state index contributed by atoms with van der Waals surface area (Å²) >= 11 is 7.09. The van der Waals surface area contributed by atoms with Gasteiger partial charge in [0, 0.05) is 10.9 Å². The Balaban J connectivity index is 1.77. The summed E-state index contributed by atoms with van der Waals surface area (Å²) in [4.78, 5) is 24.9. The van der Waals surface area contributed by atoms with Crippen LogP contribution in [0.1, 0.15) is 40.7 Å². The maximum Gasteiger partial charge on any atom is 0.343 e. The number of rotatable bonds is 7. The highest BCUT2D eigenvalue weighted by atomic mass is 35.5. The summed E-state index contributed by atoms with van der Waals surface area (Å²) in [5.41, 5.74) is 0.695. The van der Waals surface area contributed by atoms with Crippen LogP contribution in [-0.2, 0) is 4.79 Å². The van der Waals surface area contributed by atoms with Gasteiger partial charge < -0.3 is 9.47 Å². The Labute approximate surface area is 199 Å². The minimum Gasteiger partial charge on any atom is -0.493 e. The third-order valence-electron chi connectivity index (χ3n) is 4.30. The van der Waals surface area contributed by atoms with Crippen molar-refractivity contribution >= 4 is 46.0 Å². The summed E-state index contributed by atoms with van der Waals surface area (Å²) in [5.74, 6) is -0.565. The van der Waals surface area contributed by atoms with E-state index in [0.29, 0.717) is 21.3 Å². The molecule has 0 saturated heterocycles. The molecule has 3 aromatic rings. The molecule has 1 N–H and O–H groups in total. The van der Waals surface area contributed by atoms with Crippen molar-refractivity contribution in [2.24, 2.45) is 0 Å². The van der Waals surface area contributed by atoms with Crippen LogP contribution in [-0.4, -0.2) is 29.2 Å². The Bertz CT molecular complexity index is 1250. The van der Waals surface area contributed by atoms with Gasteiger partial charge in [-0.1, -0.05) is 42.9 Å². The molecule has 0 aliphatic carbocycles. The number of methoxy groups -OCH3 is 1. The van der Waals surface area contributed by atoms with Crippen LogP contribution < -0.4 is 14.8 Å². The lowest BCUT2D eigenvalue weighted by atomic mass is 10.1. The molecule has 0 atom stereocenters. The Morgan fingerprint density at radius 3 is 2.48 bits per heavy atom. The minimum atomic E-state index is -0.610. The van der Waals surface area contributed by atoms with Crippen molar-refractivity contribution in [1.82, 2.24) is 10.2 Å². The highest BCUT2D eigenvalue weighted by Crippen LogP contribution is 2.30. The molecule has 0 unspecified atom stereocenters. The predicted octanol–water partition coefficient (Wildman–Crippen LogP) is 5.09. The van der Waals surface area contributed by atoms with Gasteiger partial charge in [-0.3, -0.25) is 10.1 Å². The Kier molecular flexibility index (Phi) is 7.77. The molecule has 1 aromatic heterocycles. The van der Waals surface area contributed by atoms with Crippen LogP contribution >= 0.6 is 22.9 Å². The van der Waals surface area contributed by atoms with Crippen molar-refractivity contribution in [2.45, 2.75) is 19.8 Å². The van der Waals surface area contributed by atoms with Gasteiger partial charge in [0.1, 0.15) is 16.6 Å². The summed E-state index contributed by atoms with van der Waals surface area (Å²) in [5, 5.41) is 21.6. The van der Waals surface area contributed by atoms with Gasteiger partial charge in [0.05, 0.1) is 12.7 Å². The smallest absolute Gasteiger partial charge is 0.343 e. The lowest BCUT2D eigenvalue weighted by molar-refractivity contribution is -0.112. The first-order valence-electron chi connectivity index (χ1n) is 9.73. The molecule has 3 rings (SSSR count). The normalized spacial score (nSPS) is 11.1. The maximum absolute atomic E-state index is 12.5. The number of hydrogen-bond donors (Lipinski definition) is 1. The second-order valence-corrected chi connectivity index (χ2v) is 8.48. The van der Waals surface area contributed by atoms with E-state index in [1.807, 2.05) is 19.9 Å². The SMILES string of the molecule is COc1cc(/C=C(/C#N)C(=O)Nc2nnc(C(C)C)s2)ccc1OC(=O)c1ccc(Cl)cc1. The van der Waals surface area contributed by atoms with Crippen molar-refractivity contribution in [3.63, 3.8) is 0 Å². The van der Waals surface area contributed by atoms with E-state index in [1.54, 1.807) is 36.4 Å². The standard InChI is InChI=1S/C23H19ClN4O4S/c1-13(2)21-27-28-23(33-21)26-20(29)16(12-25)10-14-4-9-18(19(11-14)31-3)32-22(30)15-5-7-17(24)8-6-15/h4-11,13H,1-3H3,(H,26,28,29)/b16-10-. The van der Waals surface area contributed by atoms with Crippen molar-refractivity contribution in [3.05, 3.63) is 69.2 Å². The van der Waals surface area contributed by atoms with Crippen LogP contribution in [0.15, 0.2) is 48.0 Å². The molecule has 1 heterocycles. The van der Waals surface area contributed by atoms with E-state index in [2.05, 4.69) is 15.5 Å². The van der Waals surface area contributed by atoms with Crippen LogP contribution in [0, 0.1) is 11.3 Å². The summed E-state index contributed by atoms with van der Waals surface area (Å²) in [6, 6.07) is 12.8. The molecule has 0 aliphatic heterocycles. The van der Waals surface area contributed by atoms with Crippen molar-refractivity contribution in [1.29, 1.82) is 5.26 Å². The fraction of sp³-hybridized carbons (Fsp3) is 0.174. The summed E-state index contributed by atoms with van der Waals surface area (Å²) in [6.45, 7) is 3.94. The van der Waals surface area contributed by atoms with Gasteiger partial charge in [0.25, 0.3) is 5.91 Å². The van der Waals surface area contributed by atoms with E-state index in [0.717, 1.165) is 5.01 Å². The monoisotopic (exact) mass is 482 g/mol. The number of carbonyl (C=O) groups excluding carboxylic acids is 2. The van der Waals surface area contributed by atoms with Gasteiger partial charge in [0.15, 0.2) is 11.5 Å². The quantitative estimate of drug-likeness (QED) is 0.216. The summed E-state index contributed by atoms with van der Waals surface area (Å²) in [6.07, 6.45) is 1.40. The number of carbonyl (C=O) groups is 2. The van der Waals surface area contributed by atoms with E-state index in [1.165, 1.54) is 30.6 Å². The highest BCUT2D eigenvalue weighted by molar-refractivity contribution is 7.15. The number of nitrogens with one attached hydrogen (secondary N) is 1. The van der Waals surface area contributed by atoms with Gasteiger partial charge in [0.2, 0.25) is 5.13 Å². The fourth-order valence-electron chi connectivity index (χ4n) is 2.60. The number of amides is 1. The lowest BCUT2D eigenvalue weighted by Gasteiger charge is -2.10. The third-order valence-corrected chi connectivity index (χ3v) is 5.69. The minimum absolute atomic E-state index is 0.135. The molecule has 33 heavy (non-hydrogen) atoms. The maximum atomic E-state index is 12.5. The van der Waals surface area contributed by atoms with Crippen LogP contribution in [0.5, 0.6) is 11.5 Å². The molecular weight excluding hydrogens is 464 g/mol. The topological polar surface area (TPSA) is 114 Å². The van der Waals surface area contributed by atoms with E-state index in [-0.39, 0.29) is 23.0 Å². The number of nitriles is 1. The zero-order chi connectivity index (χ0) is 24.0. The Morgan fingerprint density at radius 1 is 1.15 bits per heavy atom. The Hall–Kier alpha value is -3.74. The number of hydrogen-bond acceptors (Lipinski definition) is 8. The zero-order valence-corrected chi connectivity index (χ0v) is 19.5. The van der Waals surface area contributed by atoms with Crippen LogP contribution in [0.25, 0.3) is 6.08 Å². The average Bonchev–Trinajstić information content (AvgIpc) is 3.27. The number of anilines is 1. The average molecular weight is 483 g/mol. The van der Waals surface area contributed by atoms with E-state index < -0.39 is 11.9 Å². The van der Waals surface area contributed by atoms with Gasteiger partial charge in [-0.25, -0.2) is 4.79 Å². The molecular formula is C23H19ClN4O4S. The zero-order valence-electron chi connectivity index (χ0n) is 18.0. The van der Waals surface area contributed by atoms with Crippen LogP contribution in [0.2, 0.25) is 5.02 Å². The molecule has 0 aliphatic rings. The highest BCUT2D eigenvalue weighted by Gasteiger charge is 2.16. The second kappa shape index (κ2) is 10.7. The van der Waals surface area contributed by atoms with Crippen molar-refractivity contribution in [3.8, 4) is 17.6 Å². The van der Waals surface area contributed by atoms with E-state index >= 15 is 0 Å². The second-order valence-electron chi connectivity index (χ2n) is 7.03. The van der Waals surface area contributed by atoms with Crippen molar-refractivity contribution < 1.29 is 19.1 Å². The molecule has 0 radical (unpaired) electrons. The lowest BCUT2D eigenvalue weighted by Crippen LogP contribution is -2.13. The van der Waals surface area contributed by atoms with Crippen LogP contribution in [0.4, 0.5) is 5.13 Å². The molecule has 1 amide bonds. The van der Waals surface area contributed by atoms with Gasteiger partial charge in [-0.15, -0.1) is 10.2 Å². The number of ether oxygens (including phenoxy) is 2. The van der Waals surface area contributed by atoms with Crippen molar-refractivity contribution in [2.75, 3.05) is 12.4 Å². The van der Waals surface area contributed by atoms with Crippen LogP contribution in [0.3, 0.4) is 0 Å². The van der Waals surface area contributed by atoms with E-state index in [4.69, 9.17) is 21.1 Å². The van der Waals surface area contributed by atoms with Gasteiger partial charge in [-0.05, 0) is 48.0 Å². The summed E-state index contributed by atoms with van der Waals surface area (Å²) in [7, 11) is 1.42. The number of halogens is 1. The Morgan fingerprint density at radius 2 is 1.88 bits per heavy atom. The molecule has 0 spiro atoms. The molecule has 0 fully saturated rings. The molecule has 8 nitrogen and oxygen atoms in total. The number of nitrogens with zero attached hydrogens (tertiary/aromatic N) is 3. The molecule has 2 aromatic carbocycles.